The van der Waals surface area contributed by atoms with Gasteiger partial charge in [-0.2, -0.15) is 0 Å². The van der Waals surface area contributed by atoms with Crippen LogP contribution in [0.25, 0.3) is 11.6 Å². The molecule has 1 atom stereocenters. The first-order chi connectivity index (χ1) is 14.6. The number of ether oxygens (including phenoxy) is 2. The molecule has 0 bridgehead atoms. The minimum atomic E-state index is -0.512. The lowest BCUT2D eigenvalue weighted by Crippen LogP contribution is -2.45. The molecule has 1 fully saturated rings. The first kappa shape index (κ1) is 21.6. The lowest BCUT2D eigenvalue weighted by Gasteiger charge is -2.35. The van der Waals surface area contributed by atoms with Gasteiger partial charge in [0.05, 0.1) is 12.7 Å². The molecule has 1 saturated heterocycles. The predicted octanol–water partition coefficient (Wildman–Crippen LogP) is 4.57. The number of nitrogens with zero attached hydrogens (tertiary/aromatic N) is 1. The molecule has 1 aliphatic rings. The fourth-order valence-electron chi connectivity index (χ4n) is 3.82. The number of amides is 1. The molecule has 0 N–H and O–H groups in total. The molecule has 2 aromatic carbocycles. The minimum absolute atomic E-state index is 0.122. The highest BCUT2D eigenvalue weighted by atomic mass is 16.5. The number of hydrogen-bond acceptors (Lipinski definition) is 4. The summed E-state index contributed by atoms with van der Waals surface area (Å²) >= 11 is 0. The molecule has 3 rings (SSSR count). The summed E-state index contributed by atoms with van der Waals surface area (Å²) in [6.07, 6.45) is 5.84. The fraction of sp³-hybridized carbons (Fsp3) is 0.360. The number of benzene rings is 2. The topological polar surface area (TPSA) is 55.8 Å². The fourth-order valence-corrected chi connectivity index (χ4v) is 3.82. The number of hydrogen-bond donors (Lipinski definition) is 0. The van der Waals surface area contributed by atoms with Crippen LogP contribution in [0.5, 0.6) is 5.75 Å². The van der Waals surface area contributed by atoms with Crippen molar-refractivity contribution >= 4 is 23.5 Å². The van der Waals surface area contributed by atoms with Gasteiger partial charge < -0.3 is 14.4 Å². The van der Waals surface area contributed by atoms with E-state index in [0.29, 0.717) is 11.3 Å². The van der Waals surface area contributed by atoms with Crippen molar-refractivity contribution in [3.8, 4) is 5.75 Å². The Kier molecular flexibility index (Phi) is 7.66. The molecule has 0 spiro atoms. The molecule has 0 aromatic heterocycles. The van der Waals surface area contributed by atoms with E-state index < -0.39 is 5.97 Å². The third kappa shape index (κ3) is 5.50. The van der Waals surface area contributed by atoms with E-state index in [-0.39, 0.29) is 18.6 Å². The van der Waals surface area contributed by atoms with Crippen LogP contribution in [0.3, 0.4) is 0 Å². The standard InChI is InChI=1S/C25H29NO4/c1-3-21-13-7-8-15-26(21)24(27)18-30-25(28)23(20-11-5-4-6-12-20)17-19-10-9-14-22(16-19)29-2/h4-6,9-12,14,16-17,21H,3,7-8,13,15,18H2,1-2H3/b23-17+/t21-/m1/s1. The zero-order chi connectivity index (χ0) is 21.3. The van der Waals surface area contributed by atoms with Gasteiger partial charge in [-0.25, -0.2) is 4.79 Å². The van der Waals surface area contributed by atoms with E-state index in [1.165, 1.54) is 0 Å². The maximum atomic E-state index is 12.9. The molecule has 1 heterocycles. The van der Waals surface area contributed by atoms with Crippen molar-refractivity contribution in [1.82, 2.24) is 4.90 Å². The molecule has 30 heavy (non-hydrogen) atoms. The molecule has 0 aliphatic carbocycles. The summed E-state index contributed by atoms with van der Waals surface area (Å²) in [5.41, 5.74) is 1.96. The predicted molar refractivity (Wildman–Crippen MR) is 118 cm³/mol. The van der Waals surface area contributed by atoms with Gasteiger partial charge >= 0.3 is 5.97 Å². The Labute approximate surface area is 178 Å². The molecular weight excluding hydrogens is 378 g/mol. The highest BCUT2D eigenvalue weighted by Crippen LogP contribution is 2.23. The number of likely N-dealkylation sites (tertiary alicyclic amines) is 1. The summed E-state index contributed by atoms with van der Waals surface area (Å²) in [6, 6.07) is 17.0. The summed E-state index contributed by atoms with van der Waals surface area (Å²) < 4.78 is 10.7. The molecule has 5 nitrogen and oxygen atoms in total. The molecule has 1 amide bonds. The average molecular weight is 408 g/mol. The van der Waals surface area contributed by atoms with Crippen molar-refractivity contribution in [2.24, 2.45) is 0 Å². The molecule has 2 aromatic rings. The Morgan fingerprint density at radius 3 is 2.63 bits per heavy atom. The number of carbonyl (C=O) groups is 2. The quantitative estimate of drug-likeness (QED) is 0.383. The van der Waals surface area contributed by atoms with E-state index in [1.807, 2.05) is 59.5 Å². The Balaban J connectivity index is 1.77. The second-order valence-electron chi connectivity index (χ2n) is 7.42. The van der Waals surface area contributed by atoms with E-state index >= 15 is 0 Å². The SMILES string of the molecule is CC[C@@H]1CCCCN1C(=O)COC(=O)/C(=C/c1cccc(OC)c1)c1ccccc1. The van der Waals surface area contributed by atoms with E-state index in [1.54, 1.807) is 13.2 Å². The van der Waals surface area contributed by atoms with Crippen molar-refractivity contribution in [3.63, 3.8) is 0 Å². The Morgan fingerprint density at radius 2 is 1.90 bits per heavy atom. The highest BCUT2D eigenvalue weighted by molar-refractivity contribution is 6.21. The largest absolute Gasteiger partial charge is 0.497 e. The van der Waals surface area contributed by atoms with Crippen LogP contribution in [0.2, 0.25) is 0 Å². The van der Waals surface area contributed by atoms with Gasteiger partial charge in [0.2, 0.25) is 0 Å². The number of methoxy groups -OCH3 is 1. The van der Waals surface area contributed by atoms with Crippen LogP contribution < -0.4 is 4.74 Å². The van der Waals surface area contributed by atoms with E-state index in [4.69, 9.17) is 9.47 Å². The minimum Gasteiger partial charge on any atom is -0.497 e. The normalized spacial score (nSPS) is 16.8. The Morgan fingerprint density at radius 1 is 1.10 bits per heavy atom. The van der Waals surface area contributed by atoms with E-state index in [2.05, 4.69) is 6.92 Å². The van der Waals surface area contributed by atoms with Gasteiger partial charge in [0, 0.05) is 12.6 Å². The van der Waals surface area contributed by atoms with E-state index in [0.717, 1.165) is 43.4 Å². The van der Waals surface area contributed by atoms with Crippen molar-refractivity contribution < 1.29 is 19.1 Å². The number of rotatable bonds is 7. The lowest BCUT2D eigenvalue weighted by atomic mass is 10.00. The van der Waals surface area contributed by atoms with Crippen LogP contribution in [-0.4, -0.2) is 43.1 Å². The molecular formula is C25H29NO4. The maximum Gasteiger partial charge on any atom is 0.339 e. The van der Waals surface area contributed by atoms with Gasteiger partial charge in [0.25, 0.3) is 5.91 Å². The second-order valence-corrected chi connectivity index (χ2v) is 7.42. The van der Waals surface area contributed by atoms with Gasteiger partial charge in [-0.05, 0) is 55.0 Å². The van der Waals surface area contributed by atoms with Crippen LogP contribution >= 0.6 is 0 Å². The zero-order valence-corrected chi connectivity index (χ0v) is 17.7. The van der Waals surface area contributed by atoms with Gasteiger partial charge in [0.1, 0.15) is 5.75 Å². The number of esters is 1. The molecule has 158 valence electrons. The van der Waals surface area contributed by atoms with Crippen LogP contribution in [0.1, 0.15) is 43.7 Å². The smallest absolute Gasteiger partial charge is 0.339 e. The van der Waals surface area contributed by atoms with Crippen LogP contribution in [-0.2, 0) is 14.3 Å². The summed E-state index contributed by atoms with van der Waals surface area (Å²) in [7, 11) is 1.60. The summed E-state index contributed by atoms with van der Waals surface area (Å²) in [4.78, 5) is 27.5. The zero-order valence-electron chi connectivity index (χ0n) is 17.7. The summed E-state index contributed by atoms with van der Waals surface area (Å²) in [6.45, 7) is 2.59. The molecule has 0 saturated carbocycles. The molecule has 0 radical (unpaired) electrons. The third-order valence-electron chi connectivity index (χ3n) is 5.45. The maximum absolute atomic E-state index is 12.9. The van der Waals surface area contributed by atoms with Crippen molar-refractivity contribution in [1.29, 1.82) is 0 Å². The van der Waals surface area contributed by atoms with Crippen LogP contribution in [0.15, 0.2) is 54.6 Å². The summed E-state index contributed by atoms with van der Waals surface area (Å²) in [5.74, 6) is 0.0709. The average Bonchev–Trinajstić information content (AvgIpc) is 2.81. The van der Waals surface area contributed by atoms with Gasteiger partial charge in [0.15, 0.2) is 6.61 Å². The van der Waals surface area contributed by atoms with Crippen molar-refractivity contribution in [2.75, 3.05) is 20.3 Å². The first-order valence-corrected chi connectivity index (χ1v) is 10.5. The highest BCUT2D eigenvalue weighted by Gasteiger charge is 2.26. The van der Waals surface area contributed by atoms with Crippen LogP contribution in [0, 0.1) is 0 Å². The molecule has 1 aliphatic heterocycles. The monoisotopic (exact) mass is 407 g/mol. The van der Waals surface area contributed by atoms with E-state index in [9.17, 15) is 9.59 Å². The molecule has 5 heteroatoms. The Hall–Kier alpha value is -3.08. The van der Waals surface area contributed by atoms with Crippen molar-refractivity contribution in [2.45, 2.75) is 38.6 Å². The number of piperidine rings is 1. The van der Waals surface area contributed by atoms with Crippen LogP contribution in [0.4, 0.5) is 0 Å². The third-order valence-corrected chi connectivity index (χ3v) is 5.45. The molecule has 0 unspecified atom stereocenters. The Bertz CT molecular complexity index is 891. The van der Waals surface area contributed by atoms with Gasteiger partial charge in [-0.15, -0.1) is 0 Å². The van der Waals surface area contributed by atoms with Gasteiger partial charge in [-0.1, -0.05) is 49.4 Å². The second kappa shape index (κ2) is 10.6. The summed E-state index contributed by atoms with van der Waals surface area (Å²) in [5, 5.41) is 0. The first-order valence-electron chi connectivity index (χ1n) is 10.5. The van der Waals surface area contributed by atoms with Crippen molar-refractivity contribution in [3.05, 3.63) is 65.7 Å². The number of carbonyl (C=O) groups excluding carboxylic acids is 2. The lowest BCUT2D eigenvalue weighted by molar-refractivity contribution is -0.149. The van der Waals surface area contributed by atoms with Gasteiger partial charge in [-0.3, -0.25) is 4.79 Å².